The molecule has 8 aromatic rings. The molecule has 1 aromatic heterocycles. The van der Waals surface area contributed by atoms with Crippen LogP contribution < -0.4 is 9.80 Å². The van der Waals surface area contributed by atoms with Crippen molar-refractivity contribution in [2.24, 2.45) is 0 Å². The van der Waals surface area contributed by atoms with Crippen LogP contribution in [0, 0.1) is 0 Å². The first-order valence-corrected chi connectivity index (χ1v) is 23.8. The van der Waals surface area contributed by atoms with Crippen molar-refractivity contribution in [3.05, 3.63) is 209 Å². The van der Waals surface area contributed by atoms with Gasteiger partial charge in [0.2, 0.25) is 0 Å². The third-order valence-electron chi connectivity index (χ3n) is 13.3. The molecule has 2 nitrogen and oxygen atoms in total. The van der Waals surface area contributed by atoms with Gasteiger partial charge >= 0.3 is 0 Å². The van der Waals surface area contributed by atoms with E-state index in [9.17, 15) is 0 Å². The summed E-state index contributed by atoms with van der Waals surface area (Å²) in [5.74, 6) is 0. The van der Waals surface area contributed by atoms with E-state index in [1.165, 1.54) is 111 Å². The van der Waals surface area contributed by atoms with Crippen LogP contribution in [-0.4, -0.2) is 6.54 Å². The minimum atomic E-state index is -0.680. The van der Waals surface area contributed by atoms with Gasteiger partial charge in [-0.25, -0.2) is 0 Å². The molecular weight excluding hydrogens is 776 g/mol. The van der Waals surface area contributed by atoms with Crippen LogP contribution in [0.5, 0.6) is 0 Å². The van der Waals surface area contributed by atoms with Gasteiger partial charge in [0, 0.05) is 49.1 Å². The Hall–Kier alpha value is -6.25. The normalized spacial score (nSPS) is 16.5. The summed E-state index contributed by atoms with van der Waals surface area (Å²) < 4.78 is 0. The van der Waals surface area contributed by atoms with Crippen LogP contribution in [0.4, 0.5) is 22.7 Å². The smallest absolute Gasteiger partial charge is 0.0601 e. The Morgan fingerprint density at radius 1 is 0.607 bits per heavy atom. The molecule has 1 unspecified atom stereocenters. The molecule has 3 heterocycles. The lowest BCUT2D eigenvalue weighted by Gasteiger charge is -2.33. The van der Waals surface area contributed by atoms with Crippen molar-refractivity contribution in [3.8, 4) is 16.4 Å². The lowest BCUT2D eigenvalue weighted by Crippen LogP contribution is -2.28. The Balaban J connectivity index is 0.915. The molecule has 0 amide bonds. The fraction of sp³-hybridized carbons (Fsp3) is 0.123. The van der Waals surface area contributed by atoms with Gasteiger partial charge in [0.25, 0.3) is 0 Å². The largest absolute Gasteiger partial charge is 0.341 e. The summed E-state index contributed by atoms with van der Waals surface area (Å²) in [6.07, 6.45) is 17.1. The maximum atomic E-state index is 2.56. The fourth-order valence-corrected chi connectivity index (χ4v) is 14.0. The number of fused-ring (bicyclic) bond motifs is 8. The van der Waals surface area contributed by atoms with Crippen molar-refractivity contribution in [1.82, 2.24) is 0 Å². The molecule has 4 heteroatoms. The third-order valence-corrected chi connectivity index (χ3v) is 17.0. The van der Waals surface area contributed by atoms with Crippen LogP contribution >= 0.6 is 19.3 Å². The minimum Gasteiger partial charge on any atom is -0.341 e. The second kappa shape index (κ2) is 14.4. The molecule has 2 aliphatic heterocycles. The Kier molecular flexibility index (Phi) is 8.67. The minimum absolute atomic E-state index is 0.101. The summed E-state index contributed by atoms with van der Waals surface area (Å²) in [6.45, 7) is 5.87. The number of allylic oxidation sites excluding steroid dienone is 5. The molecule has 1 atom stereocenters. The van der Waals surface area contributed by atoms with Crippen molar-refractivity contribution in [3.63, 3.8) is 0 Å². The van der Waals surface area contributed by atoms with Crippen LogP contribution in [0.15, 0.2) is 197 Å². The van der Waals surface area contributed by atoms with Gasteiger partial charge in [-0.1, -0.05) is 148 Å². The number of benzene rings is 7. The Morgan fingerprint density at radius 3 is 2.03 bits per heavy atom. The van der Waals surface area contributed by atoms with Crippen LogP contribution in [0.1, 0.15) is 55.4 Å². The SMILES string of the molecule is CC1(C)c2cc(C=Cc3ccc4c(c3)c3cc(N5c6ccccc6Sc6ccccc65)ccc3p4-c3ccccc3)ccc2-c2ccc(N3CCCC4=C3C=CC=CC4)cc21. The van der Waals surface area contributed by atoms with Gasteiger partial charge in [-0.2, -0.15) is 0 Å². The Labute approximate surface area is 363 Å². The van der Waals surface area contributed by atoms with E-state index in [2.05, 4.69) is 212 Å². The average Bonchev–Trinajstić information content (AvgIpc) is 3.58. The molecule has 4 aliphatic rings. The molecule has 0 bridgehead atoms. The zero-order chi connectivity index (χ0) is 40.7. The highest BCUT2D eigenvalue weighted by Gasteiger charge is 2.36. The summed E-state index contributed by atoms with van der Waals surface area (Å²) in [7, 11) is -0.680. The van der Waals surface area contributed by atoms with Gasteiger partial charge in [0.05, 0.1) is 11.4 Å². The first-order chi connectivity index (χ1) is 30.0. The highest BCUT2D eigenvalue weighted by molar-refractivity contribution is 7.99. The maximum Gasteiger partial charge on any atom is 0.0601 e. The third kappa shape index (κ3) is 6.01. The monoisotopic (exact) mass is 820 g/mol. The van der Waals surface area contributed by atoms with E-state index >= 15 is 0 Å². The van der Waals surface area contributed by atoms with Crippen molar-refractivity contribution in [2.75, 3.05) is 16.3 Å². The van der Waals surface area contributed by atoms with Gasteiger partial charge in [0.1, 0.15) is 0 Å². The first kappa shape index (κ1) is 36.6. The Bertz CT molecular complexity index is 3170. The molecule has 61 heavy (non-hydrogen) atoms. The lowest BCUT2D eigenvalue weighted by atomic mass is 9.81. The number of nitrogens with zero attached hydrogens (tertiary/aromatic N) is 2. The molecule has 0 radical (unpaired) electrons. The van der Waals surface area contributed by atoms with E-state index in [4.69, 9.17) is 0 Å². The molecule has 0 saturated heterocycles. The lowest BCUT2D eigenvalue weighted by molar-refractivity contribution is 0.659. The zero-order valence-corrected chi connectivity index (χ0v) is 36.2. The second-order valence-corrected chi connectivity index (χ2v) is 20.5. The number of hydrogen-bond acceptors (Lipinski definition) is 3. The second-order valence-electron chi connectivity index (χ2n) is 17.3. The van der Waals surface area contributed by atoms with E-state index < -0.39 is 7.53 Å². The summed E-state index contributed by atoms with van der Waals surface area (Å²) in [5, 5.41) is 6.93. The van der Waals surface area contributed by atoms with Gasteiger partial charge < -0.3 is 9.80 Å². The standard InChI is InChI=1S/C57H45N2PS/c1-57(2)48-35-39(25-29-44(48)45-30-27-41(37-49(45)57)58-33-13-15-40-14-5-3-8-18-50(40)58)24-23-38-26-31-53-46(34-38)47-36-42(28-32-54(47)60(53)43-16-6-4-7-17-43)59-51-19-9-11-21-55(51)61-56-22-12-10-20-52(56)59/h3-12,16-32,34-37H,13-15,33H2,1-2H3. The van der Waals surface area contributed by atoms with E-state index in [1.807, 2.05) is 11.8 Å². The van der Waals surface area contributed by atoms with Gasteiger partial charge in [0.15, 0.2) is 0 Å². The summed E-state index contributed by atoms with van der Waals surface area (Å²) in [6, 6.07) is 57.4. The average molecular weight is 821 g/mol. The fourth-order valence-electron chi connectivity index (χ4n) is 10.3. The predicted molar refractivity (Wildman–Crippen MR) is 264 cm³/mol. The van der Waals surface area contributed by atoms with Crippen LogP contribution in [0.25, 0.3) is 49.6 Å². The van der Waals surface area contributed by atoms with Gasteiger partial charge in [-0.05, 0) is 147 Å². The molecule has 12 rings (SSSR count). The summed E-state index contributed by atoms with van der Waals surface area (Å²) >= 11 is 1.86. The predicted octanol–water partition coefficient (Wildman–Crippen LogP) is 16.8. The number of anilines is 4. The number of rotatable bonds is 5. The van der Waals surface area contributed by atoms with Crippen LogP contribution in [0.2, 0.25) is 0 Å². The maximum absolute atomic E-state index is 2.56. The Morgan fingerprint density at radius 2 is 1.25 bits per heavy atom. The van der Waals surface area contributed by atoms with E-state index in [0.717, 1.165) is 13.0 Å². The zero-order valence-electron chi connectivity index (χ0n) is 34.5. The van der Waals surface area contributed by atoms with Crippen LogP contribution in [0.3, 0.4) is 0 Å². The number of hydrogen-bond donors (Lipinski definition) is 0. The molecule has 7 aromatic carbocycles. The highest BCUT2D eigenvalue weighted by atomic mass is 32.2. The van der Waals surface area contributed by atoms with Crippen molar-refractivity contribution >= 4 is 75.2 Å². The van der Waals surface area contributed by atoms with E-state index in [-0.39, 0.29) is 5.41 Å². The highest BCUT2D eigenvalue weighted by Crippen LogP contribution is 2.58. The van der Waals surface area contributed by atoms with Crippen LogP contribution in [-0.2, 0) is 5.41 Å². The van der Waals surface area contributed by atoms with E-state index in [1.54, 1.807) is 5.57 Å². The van der Waals surface area contributed by atoms with Crippen molar-refractivity contribution in [2.45, 2.75) is 48.3 Å². The number of para-hydroxylation sites is 2. The first-order valence-electron chi connectivity index (χ1n) is 21.6. The van der Waals surface area contributed by atoms with Crippen molar-refractivity contribution in [1.29, 1.82) is 0 Å². The molecule has 2 aliphatic carbocycles. The summed E-state index contributed by atoms with van der Waals surface area (Å²) in [4.78, 5) is 7.57. The van der Waals surface area contributed by atoms with E-state index in [0.29, 0.717) is 0 Å². The van der Waals surface area contributed by atoms with Crippen molar-refractivity contribution < 1.29 is 0 Å². The van der Waals surface area contributed by atoms with Gasteiger partial charge in [-0.15, -0.1) is 0 Å². The molecule has 0 fully saturated rings. The molecule has 0 N–H and O–H groups in total. The quantitative estimate of drug-likeness (QED) is 0.160. The topological polar surface area (TPSA) is 6.48 Å². The molecule has 0 spiro atoms. The molecular formula is C57H45N2PS. The summed E-state index contributed by atoms with van der Waals surface area (Å²) in [5.41, 5.74) is 15.8. The van der Waals surface area contributed by atoms with Gasteiger partial charge in [-0.3, -0.25) is 0 Å². The molecule has 0 saturated carbocycles. The molecule has 294 valence electrons.